The third kappa shape index (κ3) is 4.55. The Balaban J connectivity index is 1.58. The molecule has 2 N–H and O–H groups in total. The lowest BCUT2D eigenvalue weighted by atomic mass is 9.62. The van der Waals surface area contributed by atoms with Crippen LogP contribution >= 0.6 is 0 Å². The molecule has 1 atom stereocenters. The summed E-state index contributed by atoms with van der Waals surface area (Å²) < 4.78 is 0. The van der Waals surface area contributed by atoms with E-state index >= 15 is 0 Å². The van der Waals surface area contributed by atoms with Gasteiger partial charge in [0.05, 0.1) is 0 Å². The highest BCUT2D eigenvalue weighted by molar-refractivity contribution is 5.50. The lowest BCUT2D eigenvalue weighted by molar-refractivity contribution is 0.271. The number of phenolic OH excluding ortho intramolecular Hbond substituents is 2. The maximum atomic E-state index is 10.8. The summed E-state index contributed by atoms with van der Waals surface area (Å²) in [6, 6.07) is 13.1. The molecule has 0 radical (unpaired) electrons. The van der Waals surface area contributed by atoms with Crippen molar-refractivity contribution in [3.8, 4) is 11.5 Å². The van der Waals surface area contributed by atoms with E-state index < -0.39 is 0 Å². The molecular formula is C31H42O2. The zero-order chi connectivity index (χ0) is 22.8. The topological polar surface area (TPSA) is 40.5 Å². The molecular weight excluding hydrogens is 404 g/mol. The van der Waals surface area contributed by atoms with E-state index in [-0.39, 0.29) is 5.41 Å². The molecule has 0 heterocycles. The molecule has 0 spiro atoms. The predicted octanol–water partition coefficient (Wildman–Crippen LogP) is 8.69. The van der Waals surface area contributed by atoms with Gasteiger partial charge < -0.3 is 10.2 Å². The quantitative estimate of drug-likeness (QED) is 0.493. The zero-order valence-corrected chi connectivity index (χ0v) is 20.5. The summed E-state index contributed by atoms with van der Waals surface area (Å²) in [7, 11) is 0. The summed E-state index contributed by atoms with van der Waals surface area (Å²) in [5, 5.41) is 21.6. The molecule has 0 bridgehead atoms. The second-order valence-corrected chi connectivity index (χ2v) is 11.5. The van der Waals surface area contributed by atoms with Crippen molar-refractivity contribution in [1.29, 1.82) is 0 Å². The van der Waals surface area contributed by atoms with E-state index in [0.29, 0.717) is 29.3 Å². The van der Waals surface area contributed by atoms with Gasteiger partial charge in [-0.15, -0.1) is 0 Å². The average Bonchev–Trinajstić information content (AvgIpc) is 2.85. The Morgan fingerprint density at radius 1 is 0.636 bits per heavy atom. The molecule has 0 saturated heterocycles. The number of aromatic hydroxyl groups is 2. The van der Waals surface area contributed by atoms with Crippen LogP contribution in [0.1, 0.15) is 131 Å². The fraction of sp³-hybridized carbons (Fsp3) is 0.613. The maximum Gasteiger partial charge on any atom is 0.119 e. The van der Waals surface area contributed by atoms with Gasteiger partial charge in [-0.05, 0) is 90.7 Å². The standard InChI is InChI=1S/C31H42O2/c1-22-9-8-18-31(21-22,25-14-16-29(32)27(19-25)23-10-4-2-5-11-23)26-15-17-30(33)28(20-26)24-12-6-3-7-13-24/h14-17,19-20,22-24,32-33H,2-13,18,21H2,1H3. The Bertz CT molecular complexity index is 882. The van der Waals surface area contributed by atoms with E-state index in [1.54, 1.807) is 0 Å². The van der Waals surface area contributed by atoms with Gasteiger partial charge in [0.15, 0.2) is 0 Å². The van der Waals surface area contributed by atoms with Crippen LogP contribution in [0.5, 0.6) is 11.5 Å². The smallest absolute Gasteiger partial charge is 0.119 e. The molecule has 3 fully saturated rings. The molecule has 3 aliphatic rings. The highest BCUT2D eigenvalue weighted by atomic mass is 16.3. The van der Waals surface area contributed by atoms with Gasteiger partial charge >= 0.3 is 0 Å². The second kappa shape index (κ2) is 9.72. The maximum absolute atomic E-state index is 10.8. The van der Waals surface area contributed by atoms with Gasteiger partial charge in [-0.1, -0.05) is 82.6 Å². The molecule has 5 rings (SSSR count). The third-order valence-corrected chi connectivity index (χ3v) is 9.25. The summed E-state index contributed by atoms with van der Waals surface area (Å²) in [5.41, 5.74) is 5.10. The number of rotatable bonds is 4. The van der Waals surface area contributed by atoms with Crippen molar-refractivity contribution in [2.24, 2.45) is 5.92 Å². The molecule has 2 heteroatoms. The predicted molar refractivity (Wildman–Crippen MR) is 136 cm³/mol. The lowest BCUT2D eigenvalue weighted by Crippen LogP contribution is -2.34. The SMILES string of the molecule is CC1CCCC(c2ccc(O)c(C3CCCCC3)c2)(c2ccc(O)c(C3CCCCC3)c2)C1. The first-order valence-corrected chi connectivity index (χ1v) is 13.7. The van der Waals surface area contributed by atoms with Crippen LogP contribution in [0.15, 0.2) is 36.4 Å². The third-order valence-electron chi connectivity index (χ3n) is 9.25. The summed E-state index contributed by atoms with van der Waals surface area (Å²) >= 11 is 0. The number of hydrogen-bond donors (Lipinski definition) is 2. The van der Waals surface area contributed by atoms with Crippen LogP contribution in [0.25, 0.3) is 0 Å². The largest absolute Gasteiger partial charge is 0.508 e. The van der Waals surface area contributed by atoms with Gasteiger partial charge in [-0.25, -0.2) is 0 Å². The number of hydrogen-bond acceptors (Lipinski definition) is 2. The Kier molecular flexibility index (Phi) is 6.72. The molecule has 2 aromatic rings. The molecule has 33 heavy (non-hydrogen) atoms. The van der Waals surface area contributed by atoms with Gasteiger partial charge in [0.25, 0.3) is 0 Å². The van der Waals surface area contributed by atoms with Crippen LogP contribution in [-0.2, 0) is 5.41 Å². The molecule has 1 unspecified atom stereocenters. The summed E-state index contributed by atoms with van der Waals surface area (Å²) in [6.45, 7) is 2.40. The number of benzene rings is 2. The average molecular weight is 447 g/mol. The lowest BCUT2D eigenvalue weighted by Gasteiger charge is -2.42. The van der Waals surface area contributed by atoms with E-state index in [1.165, 1.54) is 99.3 Å². The van der Waals surface area contributed by atoms with Crippen molar-refractivity contribution in [1.82, 2.24) is 0 Å². The van der Waals surface area contributed by atoms with Crippen LogP contribution in [-0.4, -0.2) is 10.2 Å². The minimum atomic E-state index is -0.0219. The molecule has 3 aliphatic carbocycles. The van der Waals surface area contributed by atoms with E-state index in [9.17, 15) is 10.2 Å². The van der Waals surface area contributed by atoms with Crippen molar-refractivity contribution < 1.29 is 10.2 Å². The first-order chi connectivity index (χ1) is 16.1. The fourth-order valence-electron chi connectivity index (χ4n) is 7.43. The van der Waals surface area contributed by atoms with E-state index in [2.05, 4.69) is 31.2 Å². The first kappa shape index (κ1) is 22.8. The van der Waals surface area contributed by atoms with E-state index in [1.807, 2.05) is 12.1 Å². The summed E-state index contributed by atoms with van der Waals surface area (Å²) in [5.74, 6) is 2.64. The van der Waals surface area contributed by atoms with Crippen molar-refractivity contribution in [3.63, 3.8) is 0 Å². The molecule has 0 aliphatic heterocycles. The van der Waals surface area contributed by atoms with Crippen LogP contribution < -0.4 is 0 Å². The van der Waals surface area contributed by atoms with Gasteiger partial charge in [0, 0.05) is 5.41 Å². The normalized spacial score (nSPS) is 24.6. The first-order valence-electron chi connectivity index (χ1n) is 13.7. The van der Waals surface area contributed by atoms with Gasteiger partial charge in [0.2, 0.25) is 0 Å². The van der Waals surface area contributed by atoms with Crippen molar-refractivity contribution in [2.45, 2.75) is 114 Å². The highest BCUT2D eigenvalue weighted by Gasteiger charge is 2.39. The van der Waals surface area contributed by atoms with Gasteiger partial charge in [0.1, 0.15) is 11.5 Å². The second-order valence-electron chi connectivity index (χ2n) is 11.5. The minimum Gasteiger partial charge on any atom is -0.508 e. The van der Waals surface area contributed by atoms with E-state index in [0.717, 1.165) is 12.8 Å². The zero-order valence-electron chi connectivity index (χ0n) is 20.5. The molecule has 3 saturated carbocycles. The molecule has 0 aromatic heterocycles. The van der Waals surface area contributed by atoms with Crippen LogP contribution in [0.3, 0.4) is 0 Å². The fourth-order valence-corrected chi connectivity index (χ4v) is 7.43. The van der Waals surface area contributed by atoms with Crippen molar-refractivity contribution in [2.75, 3.05) is 0 Å². The van der Waals surface area contributed by atoms with Crippen LogP contribution in [0, 0.1) is 5.92 Å². The Morgan fingerprint density at radius 2 is 1.12 bits per heavy atom. The van der Waals surface area contributed by atoms with Crippen molar-refractivity contribution in [3.05, 3.63) is 58.7 Å². The van der Waals surface area contributed by atoms with Crippen LogP contribution in [0.2, 0.25) is 0 Å². The Hall–Kier alpha value is -1.96. The van der Waals surface area contributed by atoms with Gasteiger partial charge in [-0.3, -0.25) is 0 Å². The van der Waals surface area contributed by atoms with Crippen molar-refractivity contribution >= 4 is 0 Å². The molecule has 0 amide bonds. The number of phenols is 2. The van der Waals surface area contributed by atoms with Crippen LogP contribution in [0.4, 0.5) is 0 Å². The molecule has 2 aromatic carbocycles. The molecule has 2 nitrogen and oxygen atoms in total. The van der Waals surface area contributed by atoms with E-state index in [4.69, 9.17) is 0 Å². The summed E-state index contributed by atoms with van der Waals surface area (Å²) in [4.78, 5) is 0. The Morgan fingerprint density at radius 3 is 1.58 bits per heavy atom. The molecule has 178 valence electrons. The monoisotopic (exact) mass is 446 g/mol. The minimum absolute atomic E-state index is 0.0219. The summed E-state index contributed by atoms with van der Waals surface area (Å²) in [6.07, 6.45) is 17.4. The van der Waals surface area contributed by atoms with Gasteiger partial charge in [-0.2, -0.15) is 0 Å². The Labute approximate surface area is 200 Å². The highest BCUT2D eigenvalue weighted by Crippen LogP contribution is 2.50.